The predicted octanol–water partition coefficient (Wildman–Crippen LogP) is 9.05. The SMILES string of the molecule is O=C(C1CCCCC1)N(C1CCCCC1N(C(=O)C1CCCCC1)C12CC3CC(CC(C3)C1)C2)C12CC3CC(CC(C3)C1)C2. The lowest BCUT2D eigenvalue weighted by atomic mass is 9.51. The normalized spacial score (nSPS) is 46.7. The van der Waals surface area contributed by atoms with Gasteiger partial charge in [-0.05, 0) is 151 Å². The largest absolute Gasteiger partial charge is 0.332 e. The van der Waals surface area contributed by atoms with E-state index in [0.29, 0.717) is 11.8 Å². The molecular weight excluding hydrogens is 540 g/mol. The van der Waals surface area contributed by atoms with Crippen molar-refractivity contribution in [1.82, 2.24) is 9.80 Å². The molecule has 11 saturated carbocycles. The van der Waals surface area contributed by atoms with Crippen LogP contribution in [0.15, 0.2) is 0 Å². The maximum atomic E-state index is 15.2. The molecule has 0 heterocycles. The quantitative estimate of drug-likeness (QED) is 0.304. The third-order valence-corrected chi connectivity index (χ3v) is 15.8. The summed E-state index contributed by atoms with van der Waals surface area (Å²) in [4.78, 5) is 35.9. The van der Waals surface area contributed by atoms with Crippen molar-refractivity contribution in [2.45, 2.75) is 190 Å². The van der Waals surface area contributed by atoms with E-state index in [1.54, 1.807) is 0 Å². The molecule has 2 atom stereocenters. The molecule has 11 fully saturated rings. The average Bonchev–Trinajstić information content (AvgIpc) is 3.01. The van der Waals surface area contributed by atoms with Gasteiger partial charge < -0.3 is 9.80 Å². The van der Waals surface area contributed by atoms with Crippen LogP contribution in [-0.2, 0) is 9.59 Å². The smallest absolute Gasteiger partial charge is 0.226 e. The fraction of sp³-hybridized carbons (Fsp3) is 0.950. The highest BCUT2D eigenvalue weighted by Gasteiger charge is 2.61. The van der Waals surface area contributed by atoms with Gasteiger partial charge in [0.1, 0.15) is 0 Å². The van der Waals surface area contributed by atoms with Crippen LogP contribution in [0.1, 0.15) is 167 Å². The summed E-state index contributed by atoms with van der Waals surface area (Å²) < 4.78 is 0. The number of nitrogens with zero attached hydrogens (tertiary/aromatic N) is 2. The van der Waals surface area contributed by atoms with E-state index in [-0.39, 0.29) is 35.0 Å². The van der Waals surface area contributed by atoms with Crippen LogP contribution in [0.5, 0.6) is 0 Å². The lowest BCUT2D eigenvalue weighted by molar-refractivity contribution is -0.184. The Morgan fingerprint density at radius 2 is 0.659 bits per heavy atom. The lowest BCUT2D eigenvalue weighted by Crippen LogP contribution is -2.72. The van der Waals surface area contributed by atoms with Crippen LogP contribution >= 0.6 is 0 Å². The van der Waals surface area contributed by atoms with E-state index < -0.39 is 0 Å². The van der Waals surface area contributed by atoms with Gasteiger partial charge in [-0.2, -0.15) is 0 Å². The van der Waals surface area contributed by atoms with E-state index in [9.17, 15) is 0 Å². The van der Waals surface area contributed by atoms with E-state index in [1.807, 2.05) is 0 Å². The Morgan fingerprint density at radius 3 is 0.955 bits per heavy atom. The monoisotopic (exact) mass is 602 g/mol. The van der Waals surface area contributed by atoms with Gasteiger partial charge in [0.15, 0.2) is 0 Å². The van der Waals surface area contributed by atoms with Crippen LogP contribution in [0.25, 0.3) is 0 Å². The Hall–Kier alpha value is -1.06. The highest BCUT2D eigenvalue weighted by Crippen LogP contribution is 2.61. The molecule has 0 aromatic heterocycles. The second kappa shape index (κ2) is 11.3. The number of carbonyl (C=O) groups excluding carboxylic acids is 2. The molecule has 0 saturated heterocycles. The van der Waals surface area contributed by atoms with Crippen molar-refractivity contribution >= 4 is 11.8 Å². The van der Waals surface area contributed by atoms with Gasteiger partial charge in [0.05, 0.1) is 12.1 Å². The molecule has 0 aromatic rings. The topological polar surface area (TPSA) is 40.6 Å². The van der Waals surface area contributed by atoms with Crippen molar-refractivity contribution < 1.29 is 9.59 Å². The van der Waals surface area contributed by atoms with Crippen molar-refractivity contribution in [2.75, 3.05) is 0 Å². The number of hydrogen-bond acceptors (Lipinski definition) is 2. The lowest BCUT2D eigenvalue weighted by Gasteiger charge is -2.66. The zero-order valence-electron chi connectivity index (χ0n) is 27.9. The van der Waals surface area contributed by atoms with E-state index in [1.165, 1.54) is 128 Å². The van der Waals surface area contributed by atoms with Gasteiger partial charge in [0, 0.05) is 22.9 Å². The minimum absolute atomic E-state index is 0.0879. The fourth-order valence-corrected chi connectivity index (χ4v) is 15.0. The van der Waals surface area contributed by atoms with E-state index in [2.05, 4.69) is 9.80 Å². The van der Waals surface area contributed by atoms with Crippen LogP contribution in [0, 0.1) is 47.3 Å². The van der Waals surface area contributed by atoms with E-state index in [4.69, 9.17) is 0 Å². The van der Waals surface area contributed by atoms with Crippen LogP contribution in [0.2, 0.25) is 0 Å². The molecule has 4 heteroatoms. The van der Waals surface area contributed by atoms with Crippen LogP contribution in [-0.4, -0.2) is 44.8 Å². The summed E-state index contributed by atoms with van der Waals surface area (Å²) in [6.45, 7) is 0. The summed E-state index contributed by atoms with van der Waals surface area (Å²) in [5.41, 5.74) is 0.176. The van der Waals surface area contributed by atoms with Gasteiger partial charge in [-0.15, -0.1) is 0 Å². The molecule has 11 aliphatic carbocycles. The number of amides is 2. The maximum Gasteiger partial charge on any atom is 0.226 e. The zero-order chi connectivity index (χ0) is 29.5. The minimum atomic E-state index is 0.0879. The third-order valence-electron chi connectivity index (χ3n) is 15.8. The molecule has 0 radical (unpaired) electrons. The second-order valence-corrected chi connectivity index (χ2v) is 18.8. The number of hydrogen-bond donors (Lipinski definition) is 0. The predicted molar refractivity (Wildman–Crippen MR) is 175 cm³/mol. The molecule has 11 rings (SSSR count). The Balaban J connectivity index is 1.13. The molecule has 2 unspecified atom stereocenters. The van der Waals surface area contributed by atoms with E-state index >= 15 is 9.59 Å². The molecule has 0 N–H and O–H groups in total. The zero-order valence-corrected chi connectivity index (χ0v) is 27.9. The van der Waals surface area contributed by atoms with Gasteiger partial charge in [-0.1, -0.05) is 51.4 Å². The van der Waals surface area contributed by atoms with Crippen LogP contribution < -0.4 is 0 Å². The summed E-state index contributed by atoms with van der Waals surface area (Å²) in [7, 11) is 0. The molecule has 44 heavy (non-hydrogen) atoms. The molecule has 11 aliphatic rings. The van der Waals surface area contributed by atoms with Crippen LogP contribution in [0.3, 0.4) is 0 Å². The standard InChI is InChI=1S/C40H62N2O2/c43-37(33-9-3-1-4-10-33)41(39-21-27-15-28(22-39)17-29(16-27)23-39)35-13-7-8-14-36(35)42(38(44)34-11-5-2-6-12-34)40-24-30-18-31(25-40)20-32(19-30)26-40/h27-36H,1-26H2. The fourth-order valence-electron chi connectivity index (χ4n) is 15.0. The summed E-state index contributed by atoms with van der Waals surface area (Å²) in [6, 6.07) is 0.518. The minimum Gasteiger partial charge on any atom is -0.332 e. The van der Waals surface area contributed by atoms with Gasteiger partial charge >= 0.3 is 0 Å². The molecule has 4 nitrogen and oxygen atoms in total. The van der Waals surface area contributed by atoms with Crippen molar-refractivity contribution in [3.63, 3.8) is 0 Å². The van der Waals surface area contributed by atoms with Crippen molar-refractivity contribution in [2.24, 2.45) is 47.3 Å². The first-order chi connectivity index (χ1) is 21.5. The average molecular weight is 603 g/mol. The summed E-state index contributed by atoms with van der Waals surface area (Å²) in [6.07, 6.45) is 33.0. The maximum absolute atomic E-state index is 15.2. The molecule has 0 spiro atoms. The summed E-state index contributed by atoms with van der Waals surface area (Å²) in [5.74, 6) is 6.63. The first-order valence-electron chi connectivity index (χ1n) is 20.1. The number of carbonyl (C=O) groups is 2. The van der Waals surface area contributed by atoms with Gasteiger partial charge in [0.2, 0.25) is 11.8 Å². The van der Waals surface area contributed by atoms with Gasteiger partial charge in [0.25, 0.3) is 0 Å². The molecule has 0 aromatic carbocycles. The highest BCUT2D eigenvalue weighted by molar-refractivity contribution is 5.82. The van der Waals surface area contributed by atoms with Crippen molar-refractivity contribution in [1.29, 1.82) is 0 Å². The first-order valence-corrected chi connectivity index (χ1v) is 20.1. The summed E-state index contributed by atoms with van der Waals surface area (Å²) in [5, 5.41) is 0. The second-order valence-electron chi connectivity index (χ2n) is 18.8. The van der Waals surface area contributed by atoms with Gasteiger partial charge in [-0.3, -0.25) is 9.59 Å². The molecule has 244 valence electrons. The van der Waals surface area contributed by atoms with Gasteiger partial charge in [-0.25, -0.2) is 0 Å². The van der Waals surface area contributed by atoms with Crippen molar-refractivity contribution in [3.05, 3.63) is 0 Å². The summed E-state index contributed by atoms with van der Waals surface area (Å²) >= 11 is 0. The Labute approximate surface area is 268 Å². The van der Waals surface area contributed by atoms with E-state index in [0.717, 1.165) is 74.0 Å². The third kappa shape index (κ3) is 4.86. The van der Waals surface area contributed by atoms with Crippen molar-refractivity contribution in [3.8, 4) is 0 Å². The Kier molecular flexibility index (Phi) is 7.46. The van der Waals surface area contributed by atoms with Crippen LogP contribution in [0.4, 0.5) is 0 Å². The molecule has 8 bridgehead atoms. The molecule has 0 aliphatic heterocycles. The Morgan fingerprint density at radius 1 is 0.386 bits per heavy atom. The number of rotatable bonds is 6. The molecule has 2 amide bonds. The molecular formula is C40H62N2O2. The Bertz CT molecular complexity index is 944. The first kappa shape index (κ1) is 29.1. The highest BCUT2D eigenvalue weighted by atomic mass is 16.2.